The average molecular weight is 521 g/mol. The normalized spacial score (nSPS) is 10.8. The zero-order valence-electron chi connectivity index (χ0n) is 20.9. The molecule has 0 radical (unpaired) electrons. The number of rotatable bonds is 9. The maximum atomic E-state index is 12.2. The summed E-state index contributed by atoms with van der Waals surface area (Å²) >= 11 is 6.08. The SMILES string of the molecule is Cc1ccc(NC(=O)COc2cccc(/C=N\NC(=O)C(=O)NCc3ccc(C(C)C)cc3)c2)cc1Cl. The second-order valence-electron chi connectivity index (χ2n) is 8.65. The fourth-order valence-corrected chi connectivity index (χ4v) is 3.38. The van der Waals surface area contributed by atoms with E-state index in [4.69, 9.17) is 16.3 Å². The van der Waals surface area contributed by atoms with Crippen LogP contribution >= 0.6 is 11.6 Å². The number of hydrogen-bond acceptors (Lipinski definition) is 5. The van der Waals surface area contributed by atoms with Gasteiger partial charge in [0, 0.05) is 17.3 Å². The van der Waals surface area contributed by atoms with Crippen molar-refractivity contribution in [2.45, 2.75) is 33.2 Å². The van der Waals surface area contributed by atoms with Crippen LogP contribution in [-0.2, 0) is 20.9 Å². The molecular weight excluding hydrogens is 492 g/mol. The fraction of sp³-hybridized carbons (Fsp3) is 0.214. The van der Waals surface area contributed by atoms with Crippen molar-refractivity contribution in [1.29, 1.82) is 0 Å². The number of nitrogens with zero attached hydrogens (tertiary/aromatic N) is 1. The second-order valence-corrected chi connectivity index (χ2v) is 9.06. The molecule has 0 aliphatic heterocycles. The van der Waals surface area contributed by atoms with Crippen molar-refractivity contribution in [3.05, 3.63) is 94.0 Å². The Morgan fingerprint density at radius 2 is 1.76 bits per heavy atom. The number of anilines is 1. The lowest BCUT2D eigenvalue weighted by molar-refractivity contribution is -0.139. The van der Waals surface area contributed by atoms with Crippen LogP contribution in [0, 0.1) is 6.92 Å². The minimum atomic E-state index is -0.879. The maximum absolute atomic E-state index is 12.2. The lowest BCUT2D eigenvalue weighted by Gasteiger charge is -2.09. The molecule has 3 amide bonds. The molecule has 0 aliphatic carbocycles. The molecule has 0 spiro atoms. The van der Waals surface area contributed by atoms with Gasteiger partial charge in [0.15, 0.2) is 6.61 Å². The topological polar surface area (TPSA) is 109 Å². The monoisotopic (exact) mass is 520 g/mol. The number of benzene rings is 3. The first kappa shape index (κ1) is 27.4. The third kappa shape index (κ3) is 8.77. The smallest absolute Gasteiger partial charge is 0.329 e. The Bertz CT molecular complexity index is 1290. The number of nitrogens with one attached hydrogen (secondary N) is 3. The first-order chi connectivity index (χ1) is 17.7. The third-order valence-electron chi connectivity index (χ3n) is 5.37. The lowest BCUT2D eigenvalue weighted by atomic mass is 10.0. The Morgan fingerprint density at radius 1 is 1.00 bits per heavy atom. The van der Waals surface area contributed by atoms with Crippen molar-refractivity contribution in [1.82, 2.24) is 10.7 Å². The van der Waals surface area contributed by atoms with Gasteiger partial charge >= 0.3 is 11.8 Å². The van der Waals surface area contributed by atoms with E-state index in [9.17, 15) is 14.4 Å². The van der Waals surface area contributed by atoms with E-state index in [-0.39, 0.29) is 19.1 Å². The summed E-state index contributed by atoms with van der Waals surface area (Å²) in [4.78, 5) is 36.2. The fourth-order valence-electron chi connectivity index (χ4n) is 3.20. The highest BCUT2D eigenvalue weighted by atomic mass is 35.5. The van der Waals surface area contributed by atoms with Crippen molar-refractivity contribution in [3.8, 4) is 5.75 Å². The second kappa shape index (κ2) is 13.2. The first-order valence-electron chi connectivity index (χ1n) is 11.7. The van der Waals surface area contributed by atoms with Gasteiger partial charge in [-0.05, 0) is 59.4 Å². The molecule has 3 aromatic carbocycles. The standard InChI is InChI=1S/C28H29ClN4O4/c1-18(2)22-10-8-20(9-11-22)15-30-27(35)28(36)33-31-16-21-5-4-6-24(13-21)37-17-26(34)32-23-12-7-19(3)25(29)14-23/h4-14,16,18H,15,17H2,1-3H3,(H,30,35)(H,32,34)(H,33,36)/b31-16-. The number of ether oxygens (including phenoxy) is 1. The molecule has 0 atom stereocenters. The van der Waals surface area contributed by atoms with Gasteiger partial charge in [-0.1, -0.05) is 67.9 Å². The van der Waals surface area contributed by atoms with Gasteiger partial charge in [0.05, 0.1) is 6.21 Å². The van der Waals surface area contributed by atoms with Crippen LogP contribution in [0.15, 0.2) is 71.8 Å². The van der Waals surface area contributed by atoms with E-state index in [1.54, 1.807) is 36.4 Å². The molecule has 37 heavy (non-hydrogen) atoms. The van der Waals surface area contributed by atoms with Crippen molar-refractivity contribution in [2.75, 3.05) is 11.9 Å². The van der Waals surface area contributed by atoms with Crippen molar-refractivity contribution in [2.24, 2.45) is 5.10 Å². The van der Waals surface area contributed by atoms with E-state index in [2.05, 4.69) is 35.0 Å². The average Bonchev–Trinajstić information content (AvgIpc) is 2.88. The predicted molar refractivity (Wildman–Crippen MR) is 145 cm³/mol. The number of hydrazone groups is 1. The molecule has 3 N–H and O–H groups in total. The highest BCUT2D eigenvalue weighted by molar-refractivity contribution is 6.35. The van der Waals surface area contributed by atoms with Gasteiger partial charge in [0.25, 0.3) is 5.91 Å². The molecule has 0 aliphatic rings. The van der Waals surface area contributed by atoms with Crippen LogP contribution in [0.4, 0.5) is 5.69 Å². The van der Waals surface area contributed by atoms with Crippen molar-refractivity contribution in [3.63, 3.8) is 0 Å². The van der Waals surface area contributed by atoms with Crippen LogP contribution in [0.25, 0.3) is 0 Å². The number of carbonyl (C=O) groups is 3. The zero-order valence-corrected chi connectivity index (χ0v) is 21.6. The summed E-state index contributed by atoms with van der Waals surface area (Å²) < 4.78 is 5.54. The molecule has 0 heterocycles. The number of amides is 3. The van der Waals surface area contributed by atoms with E-state index in [1.165, 1.54) is 11.8 Å². The van der Waals surface area contributed by atoms with Crippen LogP contribution < -0.4 is 20.8 Å². The molecule has 0 saturated carbocycles. The highest BCUT2D eigenvalue weighted by Crippen LogP contribution is 2.20. The van der Waals surface area contributed by atoms with Crippen LogP contribution in [0.1, 0.15) is 42.0 Å². The van der Waals surface area contributed by atoms with Crippen LogP contribution in [-0.4, -0.2) is 30.5 Å². The summed E-state index contributed by atoms with van der Waals surface area (Å²) in [5.41, 5.74) is 6.39. The molecule has 9 heteroatoms. The largest absolute Gasteiger partial charge is 0.484 e. The first-order valence-corrected chi connectivity index (χ1v) is 12.1. The highest BCUT2D eigenvalue weighted by Gasteiger charge is 2.12. The number of hydrogen-bond donors (Lipinski definition) is 3. The van der Waals surface area contributed by atoms with Gasteiger partial charge in [-0.15, -0.1) is 0 Å². The molecule has 0 saturated heterocycles. The van der Waals surface area contributed by atoms with Gasteiger partial charge < -0.3 is 15.4 Å². The summed E-state index contributed by atoms with van der Waals surface area (Å²) in [6.07, 6.45) is 1.37. The van der Waals surface area contributed by atoms with Crippen LogP contribution in [0.2, 0.25) is 5.02 Å². The molecule has 0 fully saturated rings. The molecule has 0 aromatic heterocycles. The summed E-state index contributed by atoms with van der Waals surface area (Å²) in [5.74, 6) is -1.15. The van der Waals surface area contributed by atoms with E-state index >= 15 is 0 Å². The maximum Gasteiger partial charge on any atom is 0.329 e. The van der Waals surface area contributed by atoms with Gasteiger partial charge in [-0.3, -0.25) is 14.4 Å². The number of carbonyl (C=O) groups excluding carboxylic acids is 3. The van der Waals surface area contributed by atoms with Gasteiger partial charge in [0.2, 0.25) is 0 Å². The summed E-state index contributed by atoms with van der Waals surface area (Å²) in [7, 11) is 0. The molecule has 0 unspecified atom stereocenters. The molecule has 8 nitrogen and oxygen atoms in total. The molecule has 0 bridgehead atoms. The van der Waals surface area contributed by atoms with E-state index < -0.39 is 11.8 Å². The zero-order chi connectivity index (χ0) is 26.8. The molecule has 3 aromatic rings. The summed E-state index contributed by atoms with van der Waals surface area (Å²) in [5, 5.41) is 9.67. The Labute approximate surface area is 221 Å². The van der Waals surface area contributed by atoms with E-state index in [0.29, 0.717) is 27.9 Å². The number of aryl methyl sites for hydroxylation is 1. The molecular formula is C28H29ClN4O4. The third-order valence-corrected chi connectivity index (χ3v) is 5.78. The minimum Gasteiger partial charge on any atom is -0.484 e. The Hall–Kier alpha value is -4.17. The Morgan fingerprint density at radius 3 is 2.46 bits per heavy atom. The minimum absolute atomic E-state index is 0.205. The number of halogens is 1. The van der Waals surface area contributed by atoms with E-state index in [1.807, 2.05) is 37.3 Å². The van der Waals surface area contributed by atoms with Gasteiger partial charge in [-0.25, -0.2) is 5.43 Å². The van der Waals surface area contributed by atoms with E-state index in [0.717, 1.165) is 11.1 Å². The molecule has 192 valence electrons. The summed E-state index contributed by atoms with van der Waals surface area (Å²) in [6, 6.07) is 19.9. The van der Waals surface area contributed by atoms with Crippen LogP contribution in [0.3, 0.4) is 0 Å². The Kier molecular flexibility index (Phi) is 9.80. The lowest BCUT2D eigenvalue weighted by Crippen LogP contribution is -2.37. The van der Waals surface area contributed by atoms with Crippen molar-refractivity contribution < 1.29 is 19.1 Å². The Balaban J connectivity index is 1.43. The quantitative estimate of drug-likeness (QED) is 0.218. The summed E-state index contributed by atoms with van der Waals surface area (Å²) in [6.45, 7) is 6.12. The van der Waals surface area contributed by atoms with Crippen LogP contribution in [0.5, 0.6) is 5.75 Å². The predicted octanol–water partition coefficient (Wildman–Crippen LogP) is 4.56. The molecule has 3 rings (SSSR count). The van der Waals surface area contributed by atoms with Gasteiger partial charge in [0.1, 0.15) is 5.75 Å². The van der Waals surface area contributed by atoms with Gasteiger partial charge in [-0.2, -0.15) is 5.10 Å². The van der Waals surface area contributed by atoms with Crippen molar-refractivity contribution >= 4 is 41.2 Å².